The van der Waals surface area contributed by atoms with E-state index in [1.165, 1.54) is 6.34 Å². The molecule has 0 aromatic carbocycles. The zero-order valence-corrected chi connectivity index (χ0v) is 13.7. The number of halogens is 1. The van der Waals surface area contributed by atoms with Crippen LogP contribution in [0.1, 0.15) is 19.5 Å². The Morgan fingerprint density at radius 3 is 3.09 bits per heavy atom. The molecule has 0 saturated carbocycles. The van der Waals surface area contributed by atoms with Crippen molar-refractivity contribution in [1.29, 1.82) is 0 Å². The third kappa shape index (κ3) is 3.19. The topological polar surface area (TPSA) is 90.7 Å². The number of aliphatic imine (C=N–C) groups is 2. The molecule has 1 aliphatic heterocycles. The Balaban J connectivity index is 2.12. The van der Waals surface area contributed by atoms with E-state index in [0.29, 0.717) is 35.6 Å². The third-order valence-corrected chi connectivity index (χ3v) is 3.45. The van der Waals surface area contributed by atoms with Crippen LogP contribution in [-0.2, 0) is 6.54 Å². The lowest BCUT2D eigenvalue weighted by molar-refractivity contribution is 0.305. The molecule has 7 nitrogen and oxygen atoms in total. The molecule has 0 fully saturated rings. The number of amidine groups is 1. The minimum atomic E-state index is 0.0875. The molecule has 8 heteroatoms. The van der Waals surface area contributed by atoms with E-state index in [0.717, 1.165) is 11.4 Å². The quantitative estimate of drug-likeness (QED) is 0.518. The van der Waals surface area contributed by atoms with Gasteiger partial charge in [-0.15, -0.1) is 0 Å². The second-order valence-electron chi connectivity index (χ2n) is 5.32. The molecule has 3 heterocycles. The second-order valence-corrected chi connectivity index (χ2v) is 5.71. The summed E-state index contributed by atoms with van der Waals surface area (Å²) in [5.41, 5.74) is 6.90. The van der Waals surface area contributed by atoms with Gasteiger partial charge < -0.3 is 15.0 Å². The fourth-order valence-corrected chi connectivity index (χ4v) is 2.51. The molecular formula is C15H17ClN6O. The van der Waals surface area contributed by atoms with E-state index < -0.39 is 0 Å². The van der Waals surface area contributed by atoms with Gasteiger partial charge in [0.05, 0.1) is 24.6 Å². The fraction of sp³-hybridized carbons (Fsp3) is 0.333. The summed E-state index contributed by atoms with van der Waals surface area (Å²) in [6.07, 6.45) is 4.74. The van der Waals surface area contributed by atoms with E-state index in [-0.39, 0.29) is 6.04 Å². The first kappa shape index (κ1) is 15.5. The van der Waals surface area contributed by atoms with Crippen molar-refractivity contribution in [2.24, 2.45) is 15.7 Å². The van der Waals surface area contributed by atoms with E-state index in [1.807, 2.05) is 24.6 Å². The van der Waals surface area contributed by atoms with Crippen LogP contribution in [0.2, 0.25) is 5.15 Å². The molecule has 0 bridgehead atoms. The maximum absolute atomic E-state index is 6.02. The van der Waals surface area contributed by atoms with Gasteiger partial charge in [-0.25, -0.2) is 15.0 Å². The van der Waals surface area contributed by atoms with Crippen LogP contribution in [0.4, 0.5) is 0 Å². The molecule has 23 heavy (non-hydrogen) atoms. The standard InChI is InChI=1S/C15H17ClN6O/c1-9(2)20-14(19-8-17)11-7-22-3-4-23-12-6-18-13(16)5-10(12)15(22)21-11/h5-9H,3-4H2,1-2H3,(H2,17,19,20). The molecule has 3 rings (SSSR count). The summed E-state index contributed by atoms with van der Waals surface area (Å²) in [6, 6.07) is 1.83. The average molecular weight is 333 g/mol. The van der Waals surface area contributed by atoms with Gasteiger partial charge in [0.2, 0.25) is 0 Å². The number of hydrogen-bond acceptors (Lipinski definition) is 4. The smallest absolute Gasteiger partial charge is 0.176 e. The molecule has 1 aliphatic rings. The molecule has 0 unspecified atom stereocenters. The fourth-order valence-electron chi connectivity index (χ4n) is 2.35. The minimum absolute atomic E-state index is 0.0875. The normalized spacial score (nSPS) is 14.5. The highest BCUT2D eigenvalue weighted by atomic mass is 35.5. The van der Waals surface area contributed by atoms with E-state index in [1.54, 1.807) is 12.3 Å². The molecule has 0 amide bonds. The number of hydrogen-bond donors (Lipinski definition) is 1. The summed E-state index contributed by atoms with van der Waals surface area (Å²) in [5.74, 6) is 1.92. The van der Waals surface area contributed by atoms with Gasteiger partial charge in [-0.05, 0) is 19.9 Å². The highest BCUT2D eigenvalue weighted by Gasteiger charge is 2.21. The van der Waals surface area contributed by atoms with Crippen molar-refractivity contribution in [1.82, 2.24) is 14.5 Å². The molecule has 120 valence electrons. The molecule has 2 aromatic heterocycles. The lowest BCUT2D eigenvalue weighted by Crippen LogP contribution is -2.07. The number of imidazole rings is 1. The van der Waals surface area contributed by atoms with Crippen molar-refractivity contribution in [2.75, 3.05) is 6.61 Å². The number of fused-ring (bicyclic) bond motifs is 3. The SMILES string of the molecule is CC(C)N=C(N=CN)c1cn2c(n1)-c1cc(Cl)ncc1OCC2. The summed E-state index contributed by atoms with van der Waals surface area (Å²) < 4.78 is 7.69. The Kier molecular flexibility index (Phi) is 4.29. The van der Waals surface area contributed by atoms with Crippen molar-refractivity contribution in [2.45, 2.75) is 26.4 Å². The molecule has 0 atom stereocenters. The van der Waals surface area contributed by atoms with Crippen LogP contribution >= 0.6 is 11.6 Å². The van der Waals surface area contributed by atoms with E-state index in [2.05, 4.69) is 20.0 Å². The first-order chi connectivity index (χ1) is 11.1. The Bertz CT molecular complexity index is 780. The van der Waals surface area contributed by atoms with Crippen LogP contribution in [0, 0.1) is 0 Å². The van der Waals surface area contributed by atoms with Gasteiger partial charge in [0.15, 0.2) is 5.84 Å². The zero-order valence-electron chi connectivity index (χ0n) is 12.9. The summed E-state index contributed by atoms with van der Waals surface area (Å²) in [6.45, 7) is 5.13. The largest absolute Gasteiger partial charge is 0.489 e. The Morgan fingerprint density at radius 2 is 2.35 bits per heavy atom. The highest BCUT2D eigenvalue weighted by Crippen LogP contribution is 2.33. The van der Waals surface area contributed by atoms with E-state index in [4.69, 9.17) is 22.1 Å². The van der Waals surface area contributed by atoms with Crippen LogP contribution in [0.25, 0.3) is 11.4 Å². The lowest BCUT2D eigenvalue weighted by atomic mass is 10.2. The van der Waals surface area contributed by atoms with E-state index in [9.17, 15) is 0 Å². The van der Waals surface area contributed by atoms with Crippen LogP contribution in [-0.4, -0.2) is 39.4 Å². The van der Waals surface area contributed by atoms with Gasteiger partial charge in [0.1, 0.15) is 29.0 Å². The van der Waals surface area contributed by atoms with Gasteiger partial charge in [0.25, 0.3) is 0 Å². The third-order valence-electron chi connectivity index (χ3n) is 3.25. The summed E-state index contributed by atoms with van der Waals surface area (Å²) in [4.78, 5) is 17.3. The van der Waals surface area contributed by atoms with Gasteiger partial charge in [-0.1, -0.05) is 11.6 Å². The highest BCUT2D eigenvalue weighted by molar-refractivity contribution is 6.29. The number of ether oxygens (including phenoxy) is 1. The first-order valence-electron chi connectivity index (χ1n) is 7.27. The van der Waals surface area contributed by atoms with Crippen molar-refractivity contribution >= 4 is 23.8 Å². The minimum Gasteiger partial charge on any atom is -0.489 e. The number of aromatic nitrogens is 3. The number of nitrogens with two attached hydrogens (primary N) is 1. The number of nitrogens with zero attached hydrogens (tertiary/aromatic N) is 5. The van der Waals surface area contributed by atoms with Gasteiger partial charge in [-0.2, -0.15) is 0 Å². The van der Waals surface area contributed by atoms with Crippen LogP contribution < -0.4 is 10.5 Å². The van der Waals surface area contributed by atoms with Crippen LogP contribution in [0.3, 0.4) is 0 Å². The van der Waals surface area contributed by atoms with Crippen molar-refractivity contribution in [3.8, 4) is 17.1 Å². The van der Waals surface area contributed by atoms with Gasteiger partial charge in [0, 0.05) is 12.2 Å². The predicted octanol–water partition coefficient (Wildman–Crippen LogP) is 2.13. The maximum atomic E-state index is 6.02. The summed E-state index contributed by atoms with van der Waals surface area (Å²) >= 11 is 6.02. The predicted molar refractivity (Wildman–Crippen MR) is 90.3 cm³/mol. The molecular weight excluding hydrogens is 316 g/mol. The molecule has 2 N–H and O–H groups in total. The molecule has 2 aromatic rings. The molecule has 0 aliphatic carbocycles. The van der Waals surface area contributed by atoms with Gasteiger partial charge in [-0.3, -0.25) is 4.99 Å². The van der Waals surface area contributed by atoms with Crippen molar-refractivity contribution in [3.63, 3.8) is 0 Å². The Morgan fingerprint density at radius 1 is 1.52 bits per heavy atom. The van der Waals surface area contributed by atoms with E-state index >= 15 is 0 Å². The Labute approximate surface area is 138 Å². The van der Waals surface area contributed by atoms with Crippen molar-refractivity contribution in [3.05, 3.63) is 29.3 Å². The zero-order chi connectivity index (χ0) is 16.4. The van der Waals surface area contributed by atoms with Crippen LogP contribution in [0.15, 0.2) is 28.4 Å². The monoisotopic (exact) mass is 332 g/mol. The number of rotatable bonds is 2. The van der Waals surface area contributed by atoms with Crippen LogP contribution in [0.5, 0.6) is 5.75 Å². The van der Waals surface area contributed by atoms with Crippen molar-refractivity contribution < 1.29 is 4.74 Å². The number of pyridine rings is 1. The average Bonchev–Trinajstić information content (AvgIpc) is 2.85. The first-order valence-corrected chi connectivity index (χ1v) is 7.64. The lowest BCUT2D eigenvalue weighted by Gasteiger charge is -2.05. The summed E-state index contributed by atoms with van der Waals surface area (Å²) in [7, 11) is 0. The molecule has 0 spiro atoms. The molecule has 0 saturated heterocycles. The summed E-state index contributed by atoms with van der Waals surface area (Å²) in [5, 5.41) is 0.390. The Hall–Kier alpha value is -2.41. The maximum Gasteiger partial charge on any atom is 0.176 e. The van der Waals surface area contributed by atoms with Gasteiger partial charge >= 0.3 is 0 Å². The second kappa shape index (κ2) is 6.37. The molecule has 0 radical (unpaired) electrons.